The van der Waals surface area contributed by atoms with Gasteiger partial charge in [0, 0.05) is 43.1 Å². The molecule has 0 saturated heterocycles. The van der Waals surface area contributed by atoms with Gasteiger partial charge in [-0.05, 0) is 42.5 Å². The Hall–Kier alpha value is -2.24. The molecular weight excluding hydrogens is 336 g/mol. The van der Waals surface area contributed by atoms with Gasteiger partial charge >= 0.3 is 0 Å². The maximum absolute atomic E-state index is 10.9. The fourth-order valence-electron chi connectivity index (χ4n) is 1.88. The van der Waals surface area contributed by atoms with Crippen molar-refractivity contribution in [1.82, 2.24) is 0 Å². The van der Waals surface area contributed by atoms with Gasteiger partial charge in [-0.25, -0.2) is 0 Å². The van der Waals surface area contributed by atoms with E-state index >= 15 is 0 Å². The molecule has 124 valence electrons. The summed E-state index contributed by atoms with van der Waals surface area (Å²) in [4.78, 5) is 3.10. The standard InChI is InChI=1S/C12H11NS.C7H9NOS/c13-11-8-4-5-9-12(11)14-10-6-2-1-3-7-10;1-10(9)7-4-2-3-6(8)5-7/h1-9H,13H2;2-5H,8H2,1H3. The second-order valence-corrected chi connectivity index (χ2v) is 7.47. The molecule has 0 heterocycles. The van der Waals surface area contributed by atoms with Crippen molar-refractivity contribution in [3.05, 3.63) is 78.9 Å². The lowest BCUT2D eigenvalue weighted by Gasteiger charge is -2.03. The maximum Gasteiger partial charge on any atom is 0.0498 e. The number of para-hydroxylation sites is 1. The average Bonchev–Trinajstić information content (AvgIpc) is 2.58. The normalized spacial score (nSPS) is 11.2. The van der Waals surface area contributed by atoms with Crippen LogP contribution in [0.2, 0.25) is 0 Å². The van der Waals surface area contributed by atoms with Crippen LogP contribution >= 0.6 is 11.8 Å². The van der Waals surface area contributed by atoms with E-state index in [0.29, 0.717) is 5.69 Å². The number of hydrogen-bond acceptors (Lipinski definition) is 4. The maximum atomic E-state index is 10.9. The first-order chi connectivity index (χ1) is 11.6. The summed E-state index contributed by atoms with van der Waals surface area (Å²) in [6.45, 7) is 0. The first-order valence-electron chi connectivity index (χ1n) is 7.32. The molecule has 24 heavy (non-hydrogen) atoms. The Kier molecular flexibility index (Phi) is 6.90. The first-order valence-corrected chi connectivity index (χ1v) is 9.70. The van der Waals surface area contributed by atoms with Crippen molar-refractivity contribution >= 4 is 33.9 Å². The van der Waals surface area contributed by atoms with Crippen LogP contribution in [0.1, 0.15) is 0 Å². The van der Waals surface area contributed by atoms with Crippen molar-refractivity contribution in [3.63, 3.8) is 0 Å². The summed E-state index contributed by atoms with van der Waals surface area (Å²) in [5, 5.41) is 0. The number of anilines is 2. The Labute approximate surface area is 149 Å². The van der Waals surface area contributed by atoms with Crippen LogP contribution in [-0.2, 0) is 10.8 Å². The molecule has 3 aromatic rings. The molecule has 1 unspecified atom stereocenters. The third-order valence-corrected chi connectivity index (χ3v) is 5.10. The van der Waals surface area contributed by atoms with E-state index in [1.54, 1.807) is 42.3 Å². The fraction of sp³-hybridized carbons (Fsp3) is 0.0526. The molecule has 5 heteroatoms. The zero-order valence-electron chi connectivity index (χ0n) is 13.4. The molecule has 0 amide bonds. The summed E-state index contributed by atoms with van der Waals surface area (Å²) in [6.07, 6.45) is 1.63. The molecule has 1 atom stereocenters. The van der Waals surface area contributed by atoms with Gasteiger partial charge in [0.2, 0.25) is 0 Å². The Morgan fingerprint density at radius 3 is 2.08 bits per heavy atom. The topological polar surface area (TPSA) is 69.1 Å². The van der Waals surface area contributed by atoms with Crippen LogP contribution in [0.25, 0.3) is 0 Å². The van der Waals surface area contributed by atoms with Gasteiger partial charge < -0.3 is 11.5 Å². The van der Waals surface area contributed by atoms with Crippen molar-refractivity contribution < 1.29 is 4.21 Å². The third kappa shape index (κ3) is 5.76. The minimum atomic E-state index is -0.919. The molecular formula is C19H20N2OS2. The van der Waals surface area contributed by atoms with Gasteiger partial charge in [0.1, 0.15) is 0 Å². The fourth-order valence-corrected chi connectivity index (χ4v) is 3.33. The Morgan fingerprint density at radius 2 is 1.50 bits per heavy atom. The third-order valence-electron chi connectivity index (χ3n) is 3.08. The largest absolute Gasteiger partial charge is 0.399 e. The highest BCUT2D eigenvalue weighted by Gasteiger charge is 1.99. The summed E-state index contributed by atoms with van der Waals surface area (Å²) in [6, 6.07) is 25.2. The molecule has 0 bridgehead atoms. The second kappa shape index (κ2) is 9.15. The van der Waals surface area contributed by atoms with E-state index in [9.17, 15) is 4.21 Å². The number of rotatable bonds is 3. The number of hydrogen-bond donors (Lipinski definition) is 2. The zero-order chi connectivity index (χ0) is 17.4. The lowest BCUT2D eigenvalue weighted by molar-refractivity contribution is 0.687. The van der Waals surface area contributed by atoms with Gasteiger partial charge in [-0.15, -0.1) is 0 Å². The molecule has 3 aromatic carbocycles. The minimum absolute atomic E-state index is 0.660. The quantitative estimate of drug-likeness (QED) is 0.681. The monoisotopic (exact) mass is 356 g/mol. The number of nitrogens with two attached hydrogens (primary N) is 2. The Balaban J connectivity index is 0.000000185. The van der Waals surface area contributed by atoms with Crippen LogP contribution in [-0.4, -0.2) is 10.5 Å². The molecule has 0 aliphatic carbocycles. The van der Waals surface area contributed by atoms with E-state index in [4.69, 9.17) is 11.5 Å². The van der Waals surface area contributed by atoms with Crippen LogP contribution in [0.3, 0.4) is 0 Å². The molecule has 0 saturated carbocycles. The molecule has 3 nitrogen and oxygen atoms in total. The van der Waals surface area contributed by atoms with Gasteiger partial charge in [0.15, 0.2) is 0 Å². The first kappa shape index (κ1) is 18.1. The summed E-state index contributed by atoms with van der Waals surface area (Å²) in [7, 11) is -0.919. The lowest BCUT2D eigenvalue weighted by atomic mass is 10.3. The highest BCUT2D eigenvalue weighted by molar-refractivity contribution is 7.99. The van der Waals surface area contributed by atoms with Crippen LogP contribution in [0.15, 0.2) is 93.5 Å². The van der Waals surface area contributed by atoms with Gasteiger partial charge in [-0.1, -0.05) is 48.2 Å². The van der Waals surface area contributed by atoms with Crippen molar-refractivity contribution in [2.75, 3.05) is 17.7 Å². The number of nitrogen functional groups attached to an aromatic ring is 2. The molecule has 0 fully saturated rings. The van der Waals surface area contributed by atoms with Crippen LogP contribution < -0.4 is 11.5 Å². The van der Waals surface area contributed by atoms with E-state index in [0.717, 1.165) is 15.5 Å². The van der Waals surface area contributed by atoms with Gasteiger partial charge in [-0.2, -0.15) is 0 Å². The molecule has 0 aromatic heterocycles. The van der Waals surface area contributed by atoms with Gasteiger partial charge in [-0.3, -0.25) is 4.21 Å². The van der Waals surface area contributed by atoms with Gasteiger partial charge in [0.25, 0.3) is 0 Å². The van der Waals surface area contributed by atoms with Crippen molar-refractivity contribution in [2.24, 2.45) is 0 Å². The van der Waals surface area contributed by atoms with E-state index in [-0.39, 0.29) is 0 Å². The van der Waals surface area contributed by atoms with E-state index < -0.39 is 10.8 Å². The Bertz CT molecular complexity index is 807. The van der Waals surface area contributed by atoms with Gasteiger partial charge in [0.05, 0.1) is 0 Å². The SMILES string of the molecule is CS(=O)c1cccc(N)c1.Nc1ccccc1Sc1ccccc1. The molecule has 0 aliphatic rings. The summed E-state index contributed by atoms with van der Waals surface area (Å²) in [5.74, 6) is 0. The average molecular weight is 357 g/mol. The predicted octanol–water partition coefficient (Wildman–Crippen LogP) is 4.43. The smallest absolute Gasteiger partial charge is 0.0498 e. The molecule has 4 N–H and O–H groups in total. The van der Waals surface area contributed by atoms with Crippen LogP contribution in [0, 0.1) is 0 Å². The number of benzene rings is 3. The highest BCUT2D eigenvalue weighted by Crippen LogP contribution is 2.31. The molecule has 0 radical (unpaired) electrons. The molecule has 0 spiro atoms. The molecule has 0 aliphatic heterocycles. The zero-order valence-corrected chi connectivity index (χ0v) is 15.0. The summed E-state index contributed by atoms with van der Waals surface area (Å²) < 4.78 is 10.9. The molecule has 3 rings (SSSR count). The predicted molar refractivity (Wildman–Crippen MR) is 105 cm³/mol. The van der Waals surface area contributed by atoms with Crippen LogP contribution in [0.4, 0.5) is 11.4 Å². The van der Waals surface area contributed by atoms with E-state index in [1.165, 1.54) is 4.90 Å². The second-order valence-electron chi connectivity index (χ2n) is 4.98. The highest BCUT2D eigenvalue weighted by atomic mass is 32.2. The van der Waals surface area contributed by atoms with E-state index in [1.807, 2.05) is 42.5 Å². The summed E-state index contributed by atoms with van der Waals surface area (Å²) in [5.41, 5.74) is 12.8. The van der Waals surface area contributed by atoms with Crippen molar-refractivity contribution in [2.45, 2.75) is 14.7 Å². The minimum Gasteiger partial charge on any atom is -0.399 e. The van der Waals surface area contributed by atoms with Crippen molar-refractivity contribution in [1.29, 1.82) is 0 Å². The van der Waals surface area contributed by atoms with E-state index in [2.05, 4.69) is 12.1 Å². The van der Waals surface area contributed by atoms with Crippen LogP contribution in [0.5, 0.6) is 0 Å². The summed E-state index contributed by atoms with van der Waals surface area (Å²) >= 11 is 1.69. The lowest BCUT2D eigenvalue weighted by Crippen LogP contribution is -1.89. The Morgan fingerprint density at radius 1 is 0.833 bits per heavy atom. The van der Waals surface area contributed by atoms with Crippen molar-refractivity contribution in [3.8, 4) is 0 Å².